The lowest BCUT2D eigenvalue weighted by molar-refractivity contribution is 0.269. The summed E-state index contributed by atoms with van der Waals surface area (Å²) in [6, 6.07) is 0. The Hall–Kier alpha value is 0.160. The lowest BCUT2D eigenvalue weighted by Gasteiger charge is -2.32. The summed E-state index contributed by atoms with van der Waals surface area (Å²) < 4.78 is 26.3. The second-order valence-electron chi connectivity index (χ2n) is 5.36. The Morgan fingerprint density at radius 3 is 2.16 bits per heavy atom. The van der Waals surface area contributed by atoms with Gasteiger partial charge in [0.1, 0.15) is 0 Å². The number of nitrogens with one attached hydrogen (secondary N) is 1. The van der Waals surface area contributed by atoms with Gasteiger partial charge in [0.25, 0.3) is 0 Å². The zero-order chi connectivity index (χ0) is 13.6. The molecule has 1 heterocycles. The molecular weight excluding hydrogens is 284 g/mol. The molecule has 1 fully saturated rings. The molecule has 0 spiro atoms. The van der Waals surface area contributed by atoms with Gasteiger partial charge in [0.05, 0.1) is 5.75 Å². The number of hydrogen-bond donors (Lipinski definition) is 1. The van der Waals surface area contributed by atoms with Gasteiger partial charge in [-0.3, -0.25) is 0 Å². The number of rotatable bonds is 7. The van der Waals surface area contributed by atoms with Gasteiger partial charge in [0, 0.05) is 13.1 Å². The Balaban J connectivity index is 0.00000324. The van der Waals surface area contributed by atoms with Crippen LogP contribution in [0, 0.1) is 11.8 Å². The van der Waals surface area contributed by atoms with E-state index >= 15 is 0 Å². The average molecular weight is 313 g/mol. The van der Waals surface area contributed by atoms with Crippen molar-refractivity contribution < 1.29 is 8.42 Å². The first-order valence-corrected chi connectivity index (χ1v) is 8.76. The van der Waals surface area contributed by atoms with Gasteiger partial charge >= 0.3 is 0 Å². The largest absolute Gasteiger partial charge is 0.319 e. The zero-order valence-electron chi connectivity index (χ0n) is 12.4. The highest BCUT2D eigenvalue weighted by atomic mass is 35.5. The van der Waals surface area contributed by atoms with Crippen LogP contribution in [0.3, 0.4) is 0 Å². The molecule has 1 saturated heterocycles. The Bertz CT molecular complexity index is 324. The molecule has 19 heavy (non-hydrogen) atoms. The van der Waals surface area contributed by atoms with Gasteiger partial charge in [0.2, 0.25) is 10.0 Å². The van der Waals surface area contributed by atoms with Crippen molar-refractivity contribution in [2.45, 2.75) is 39.5 Å². The molecule has 1 N–H and O–H groups in total. The fourth-order valence-corrected chi connectivity index (χ4v) is 4.65. The van der Waals surface area contributed by atoms with Gasteiger partial charge in [-0.2, -0.15) is 0 Å². The number of piperidine rings is 1. The van der Waals surface area contributed by atoms with E-state index in [4.69, 9.17) is 0 Å². The van der Waals surface area contributed by atoms with E-state index in [9.17, 15) is 8.42 Å². The molecule has 1 rings (SSSR count). The van der Waals surface area contributed by atoms with Crippen molar-refractivity contribution in [2.24, 2.45) is 11.8 Å². The topological polar surface area (TPSA) is 49.4 Å². The Morgan fingerprint density at radius 2 is 1.74 bits per heavy atom. The van der Waals surface area contributed by atoms with Crippen LogP contribution in [-0.4, -0.2) is 45.2 Å². The van der Waals surface area contributed by atoms with E-state index < -0.39 is 10.0 Å². The molecule has 0 bridgehead atoms. The summed E-state index contributed by atoms with van der Waals surface area (Å²) in [4.78, 5) is 0. The molecular formula is C13H29ClN2O2S. The molecule has 1 aliphatic heterocycles. The van der Waals surface area contributed by atoms with Crippen LogP contribution in [0.2, 0.25) is 0 Å². The van der Waals surface area contributed by atoms with Crippen molar-refractivity contribution in [3.8, 4) is 0 Å². The molecule has 0 aliphatic carbocycles. The maximum atomic E-state index is 12.3. The lowest BCUT2D eigenvalue weighted by Crippen LogP contribution is -2.42. The highest BCUT2D eigenvalue weighted by molar-refractivity contribution is 7.89. The predicted molar refractivity (Wildman–Crippen MR) is 83.3 cm³/mol. The fraction of sp³-hybridized carbons (Fsp3) is 1.00. The van der Waals surface area contributed by atoms with Gasteiger partial charge in [-0.25, -0.2) is 12.7 Å². The first-order chi connectivity index (χ1) is 8.53. The van der Waals surface area contributed by atoms with Crippen molar-refractivity contribution in [3.63, 3.8) is 0 Å². The smallest absolute Gasteiger partial charge is 0.214 e. The molecule has 0 unspecified atom stereocenters. The monoisotopic (exact) mass is 312 g/mol. The third-order valence-corrected chi connectivity index (χ3v) is 6.11. The quantitative estimate of drug-likeness (QED) is 0.783. The molecule has 6 heteroatoms. The number of halogens is 1. The van der Waals surface area contributed by atoms with Crippen LogP contribution in [0.25, 0.3) is 0 Å². The molecule has 1 aliphatic rings. The van der Waals surface area contributed by atoms with Crippen LogP contribution in [0.4, 0.5) is 0 Å². The molecule has 0 aromatic rings. The molecule has 116 valence electrons. The predicted octanol–water partition coefficient (Wildman–Crippen LogP) is 2.11. The van der Waals surface area contributed by atoms with Crippen molar-refractivity contribution in [1.29, 1.82) is 0 Å². The van der Waals surface area contributed by atoms with Crippen molar-refractivity contribution in [3.05, 3.63) is 0 Å². The average Bonchev–Trinajstić information content (AvgIpc) is 2.37. The lowest BCUT2D eigenvalue weighted by atomic mass is 9.98. The Kier molecular flexibility index (Phi) is 9.24. The summed E-state index contributed by atoms with van der Waals surface area (Å²) in [6.45, 7) is 6.55. The molecule has 0 atom stereocenters. The molecule has 0 amide bonds. The molecule has 0 aromatic carbocycles. The molecule has 0 aromatic heterocycles. The van der Waals surface area contributed by atoms with E-state index in [2.05, 4.69) is 19.2 Å². The third kappa shape index (κ3) is 5.98. The van der Waals surface area contributed by atoms with Crippen molar-refractivity contribution >= 4 is 22.4 Å². The summed E-state index contributed by atoms with van der Waals surface area (Å²) in [5.74, 6) is 1.27. The van der Waals surface area contributed by atoms with Gasteiger partial charge in [0.15, 0.2) is 0 Å². The van der Waals surface area contributed by atoms with Crippen LogP contribution in [0.5, 0.6) is 0 Å². The minimum Gasteiger partial charge on any atom is -0.319 e. The number of sulfonamides is 1. The maximum absolute atomic E-state index is 12.3. The first-order valence-electron chi connectivity index (χ1n) is 7.15. The van der Waals surface area contributed by atoms with E-state index in [1.54, 1.807) is 4.31 Å². The zero-order valence-corrected chi connectivity index (χ0v) is 14.0. The number of hydrogen-bond acceptors (Lipinski definition) is 3. The minimum atomic E-state index is -3.03. The molecule has 0 radical (unpaired) electrons. The summed E-state index contributed by atoms with van der Waals surface area (Å²) in [5.41, 5.74) is 0. The standard InChI is InChI=1S/C13H28N2O2S.ClH/c1-4-12(5-2)11-18(16,17)15-8-6-13(7-9-15)10-14-3;/h12-14H,4-11H2,1-3H3;1H. The van der Waals surface area contributed by atoms with Gasteiger partial charge in [-0.1, -0.05) is 26.7 Å². The van der Waals surface area contributed by atoms with Crippen molar-refractivity contribution in [1.82, 2.24) is 9.62 Å². The second-order valence-corrected chi connectivity index (χ2v) is 7.37. The van der Waals surface area contributed by atoms with Gasteiger partial charge in [-0.05, 0) is 38.3 Å². The van der Waals surface area contributed by atoms with Crippen LogP contribution >= 0.6 is 12.4 Å². The first kappa shape index (κ1) is 19.2. The van der Waals surface area contributed by atoms with Crippen LogP contribution in [-0.2, 0) is 10.0 Å². The SMILES string of the molecule is CCC(CC)CS(=O)(=O)N1CCC(CNC)CC1.Cl. The second kappa shape index (κ2) is 9.16. The van der Waals surface area contributed by atoms with Crippen LogP contribution in [0.1, 0.15) is 39.5 Å². The van der Waals surface area contributed by atoms with E-state index in [-0.39, 0.29) is 12.4 Å². The Labute approximate surface area is 124 Å². The van der Waals surface area contributed by atoms with Gasteiger partial charge < -0.3 is 5.32 Å². The van der Waals surface area contributed by atoms with E-state index in [1.807, 2.05) is 7.05 Å². The molecule has 0 saturated carbocycles. The normalized spacial score (nSPS) is 18.5. The van der Waals surface area contributed by atoms with Gasteiger partial charge in [-0.15, -0.1) is 12.4 Å². The maximum Gasteiger partial charge on any atom is 0.214 e. The highest BCUT2D eigenvalue weighted by Crippen LogP contribution is 2.21. The molecule has 4 nitrogen and oxygen atoms in total. The van der Waals surface area contributed by atoms with E-state index in [1.165, 1.54) is 0 Å². The fourth-order valence-electron chi connectivity index (χ4n) is 2.61. The van der Waals surface area contributed by atoms with E-state index in [0.717, 1.165) is 32.2 Å². The summed E-state index contributed by atoms with van der Waals surface area (Å²) in [6.07, 6.45) is 3.88. The highest BCUT2D eigenvalue weighted by Gasteiger charge is 2.29. The third-order valence-electron chi connectivity index (χ3n) is 4.06. The van der Waals surface area contributed by atoms with Crippen LogP contribution < -0.4 is 5.32 Å². The Morgan fingerprint density at radius 1 is 1.21 bits per heavy atom. The van der Waals surface area contributed by atoms with Crippen molar-refractivity contribution in [2.75, 3.05) is 32.4 Å². The summed E-state index contributed by atoms with van der Waals surface area (Å²) in [7, 11) is -1.08. The van der Waals surface area contributed by atoms with E-state index in [0.29, 0.717) is 30.7 Å². The minimum absolute atomic E-state index is 0. The number of nitrogens with zero attached hydrogens (tertiary/aromatic N) is 1. The summed E-state index contributed by atoms with van der Waals surface area (Å²) in [5, 5.41) is 3.17. The summed E-state index contributed by atoms with van der Waals surface area (Å²) >= 11 is 0. The van der Waals surface area contributed by atoms with Crippen LogP contribution in [0.15, 0.2) is 0 Å².